The molecule has 12 heteroatoms. The summed E-state index contributed by atoms with van der Waals surface area (Å²) in [5.41, 5.74) is 3.53. The number of nitrogens with one attached hydrogen (secondary N) is 2. The van der Waals surface area contributed by atoms with Crippen LogP contribution < -0.4 is 14.7 Å². The Kier molecular flexibility index (Phi) is 9.15. The van der Waals surface area contributed by atoms with Crippen molar-refractivity contribution in [2.45, 2.75) is 25.5 Å². The molecule has 0 amide bonds. The number of pyridine rings is 2. The minimum Gasteiger partial charge on any atom is -0.486 e. The van der Waals surface area contributed by atoms with Crippen molar-refractivity contribution in [1.29, 1.82) is 5.41 Å². The van der Waals surface area contributed by atoms with Gasteiger partial charge in [0, 0.05) is 73.5 Å². The van der Waals surface area contributed by atoms with Crippen LogP contribution in [0.15, 0.2) is 48.9 Å². The maximum atomic E-state index is 9.02. The Morgan fingerprint density at radius 3 is 2.51 bits per heavy atom. The van der Waals surface area contributed by atoms with Crippen molar-refractivity contribution in [2.75, 3.05) is 49.4 Å². The third kappa shape index (κ3) is 6.29. The molecule has 1 unspecified atom stereocenters. The van der Waals surface area contributed by atoms with Crippen LogP contribution in [-0.2, 0) is 4.74 Å². The molecule has 2 aromatic heterocycles. The Bertz CT molecular complexity index is 1320. The average Bonchev–Trinajstić information content (AvgIpc) is 2.92. The van der Waals surface area contributed by atoms with Crippen LogP contribution in [0.5, 0.6) is 5.75 Å². The summed E-state index contributed by atoms with van der Waals surface area (Å²) in [4.78, 5) is 13.5. The number of benzene rings is 1. The summed E-state index contributed by atoms with van der Waals surface area (Å²) in [6, 6.07) is 9.66. The first-order chi connectivity index (χ1) is 18.8. The van der Waals surface area contributed by atoms with E-state index in [-0.39, 0.29) is 5.54 Å². The summed E-state index contributed by atoms with van der Waals surface area (Å²) in [5, 5.41) is 13.3. The summed E-state index contributed by atoms with van der Waals surface area (Å²) < 4.78 is 11.7. The zero-order chi connectivity index (χ0) is 27.6. The van der Waals surface area contributed by atoms with Gasteiger partial charge in [-0.1, -0.05) is 23.2 Å². The molecule has 206 valence electrons. The molecule has 5 rings (SSSR count). The minimum atomic E-state index is -0.402. The molecule has 0 aliphatic carbocycles. The lowest BCUT2D eigenvalue weighted by atomic mass is 9.89. The lowest BCUT2D eigenvalue weighted by molar-refractivity contribution is -0.0266. The molecule has 1 aromatic carbocycles. The molecule has 4 heterocycles. The third-order valence-electron chi connectivity index (χ3n) is 7.25. The maximum Gasteiger partial charge on any atom is 0.128 e. The fraction of sp³-hybridized carbons (Fsp3) is 0.370. The summed E-state index contributed by atoms with van der Waals surface area (Å²) in [5.74, 6) is 1.54. The number of rotatable bonds is 9. The molecule has 0 radical (unpaired) electrons. The highest BCUT2D eigenvalue weighted by Gasteiger charge is 2.44. The Balaban J connectivity index is 1.31. The largest absolute Gasteiger partial charge is 0.486 e. The van der Waals surface area contributed by atoms with Crippen molar-refractivity contribution in [1.82, 2.24) is 14.9 Å². The van der Waals surface area contributed by atoms with Crippen LogP contribution in [0.25, 0.3) is 0 Å². The van der Waals surface area contributed by atoms with E-state index >= 15 is 0 Å². The molecule has 2 fully saturated rings. The molecule has 39 heavy (non-hydrogen) atoms. The van der Waals surface area contributed by atoms with Crippen molar-refractivity contribution in [3.05, 3.63) is 75.7 Å². The van der Waals surface area contributed by atoms with E-state index in [9.17, 15) is 0 Å². The zero-order valence-electron chi connectivity index (χ0n) is 21.7. The van der Waals surface area contributed by atoms with Gasteiger partial charge in [-0.05, 0) is 66.2 Å². The summed E-state index contributed by atoms with van der Waals surface area (Å²) in [6.45, 7) is 9.63. The number of nitrogens with zero attached hydrogens (tertiary/aromatic N) is 4. The monoisotopic (exact) mass is 698 g/mol. The predicted octanol–water partition coefficient (Wildman–Crippen LogP) is 6.61. The van der Waals surface area contributed by atoms with Gasteiger partial charge in [0.15, 0.2) is 0 Å². The fourth-order valence-electron chi connectivity index (χ4n) is 5.15. The van der Waals surface area contributed by atoms with Gasteiger partial charge < -0.3 is 19.5 Å². The molecular formula is C27H30Cl2IN6O2P. The molecule has 8 nitrogen and oxygen atoms in total. The zero-order valence-corrected chi connectivity index (χ0v) is 26.3. The predicted molar refractivity (Wildman–Crippen MR) is 169 cm³/mol. The normalized spacial score (nSPS) is 18.1. The highest BCUT2D eigenvalue weighted by Crippen LogP contribution is 2.36. The second-order valence-electron chi connectivity index (χ2n) is 9.94. The summed E-state index contributed by atoms with van der Waals surface area (Å²) in [6.07, 6.45) is 4.94. The number of halogens is 3. The number of aromatic nitrogens is 2. The van der Waals surface area contributed by atoms with E-state index in [4.69, 9.17) is 43.1 Å². The molecule has 2 aliphatic heterocycles. The minimum absolute atomic E-state index is 0.153. The Labute approximate surface area is 253 Å². The maximum absolute atomic E-state index is 9.02. The van der Waals surface area contributed by atoms with E-state index in [1.165, 1.54) is 0 Å². The Hall–Kier alpha value is -1.75. The van der Waals surface area contributed by atoms with Gasteiger partial charge in [0.2, 0.25) is 0 Å². The van der Waals surface area contributed by atoms with Crippen LogP contribution in [-0.4, -0.2) is 65.5 Å². The van der Waals surface area contributed by atoms with E-state index < -0.39 is 6.10 Å². The standard InChI is InChI=1S/C27H30Cl2IN6O2P/c1-17(25-21(28)13-32-14-22(25)29)38-19-4-5-23(34-39-30)20(11-19)26(31)18-3-6-24(33-12-18)35-15-27(2,16-35)36-7-9-37-10-8-36/h3-6,11-14,17,31,34,39H,7-10,15-16H2,1-2H3/t17-/m1/s1. The fourth-order valence-corrected chi connectivity index (χ4v) is 7.02. The van der Waals surface area contributed by atoms with E-state index in [0.29, 0.717) is 33.4 Å². The smallest absolute Gasteiger partial charge is 0.128 e. The molecule has 2 N–H and O–H groups in total. The van der Waals surface area contributed by atoms with Crippen molar-refractivity contribution < 1.29 is 9.47 Å². The highest BCUT2D eigenvalue weighted by atomic mass is 127. The lowest BCUT2D eigenvalue weighted by Crippen LogP contribution is -2.70. The van der Waals surface area contributed by atoms with Gasteiger partial charge >= 0.3 is 0 Å². The van der Waals surface area contributed by atoms with Gasteiger partial charge in [-0.15, -0.1) is 0 Å². The van der Waals surface area contributed by atoms with Crippen LogP contribution >= 0.6 is 51.6 Å². The first kappa shape index (κ1) is 28.8. The second-order valence-corrected chi connectivity index (χ2v) is 12.8. The van der Waals surface area contributed by atoms with Crippen molar-refractivity contribution in [3.8, 4) is 5.75 Å². The first-order valence-electron chi connectivity index (χ1n) is 12.6. The quantitative estimate of drug-likeness (QED) is 0.148. The topological polar surface area (TPSA) is 86.6 Å². The van der Waals surface area contributed by atoms with Crippen molar-refractivity contribution in [2.24, 2.45) is 0 Å². The van der Waals surface area contributed by atoms with Crippen molar-refractivity contribution in [3.63, 3.8) is 0 Å². The third-order valence-corrected chi connectivity index (χ3v) is 9.03. The van der Waals surface area contributed by atoms with Gasteiger partial charge in [0.1, 0.15) is 17.7 Å². The summed E-state index contributed by atoms with van der Waals surface area (Å²) >= 11 is 15.0. The van der Waals surface area contributed by atoms with Gasteiger partial charge in [-0.3, -0.25) is 15.3 Å². The Morgan fingerprint density at radius 1 is 1.15 bits per heavy atom. The van der Waals surface area contributed by atoms with E-state index in [2.05, 4.69) is 48.8 Å². The number of morpholine rings is 1. The summed E-state index contributed by atoms with van der Waals surface area (Å²) in [7, 11) is 0. The van der Waals surface area contributed by atoms with Crippen LogP contribution in [0.4, 0.5) is 11.5 Å². The number of hydrogen-bond acceptors (Lipinski definition) is 8. The lowest BCUT2D eigenvalue weighted by Gasteiger charge is -2.55. The Morgan fingerprint density at radius 2 is 1.87 bits per heavy atom. The molecule has 2 aliphatic rings. The molecule has 3 aromatic rings. The van der Waals surface area contributed by atoms with Crippen LogP contribution in [0.2, 0.25) is 10.0 Å². The van der Waals surface area contributed by atoms with Crippen LogP contribution in [0, 0.1) is 5.41 Å². The molecule has 0 saturated carbocycles. The van der Waals surface area contributed by atoms with Gasteiger partial charge in [-0.2, -0.15) is 0 Å². The SMILES string of the molecule is C[C@@H](Oc1ccc(NPI)c(C(=N)c2ccc(N3CC(C)(N4CCOCC4)C3)nc2)c1)c1c(Cl)cncc1Cl. The highest BCUT2D eigenvalue weighted by molar-refractivity contribution is 14.2. The van der Waals surface area contributed by atoms with Crippen LogP contribution in [0.3, 0.4) is 0 Å². The molecular weight excluding hydrogens is 669 g/mol. The average molecular weight is 699 g/mol. The first-order valence-corrected chi connectivity index (χ1v) is 17.5. The second kappa shape index (κ2) is 12.4. The van der Waals surface area contributed by atoms with E-state index in [1.807, 2.05) is 37.3 Å². The number of anilines is 2. The van der Waals surface area contributed by atoms with Crippen LogP contribution in [0.1, 0.15) is 36.6 Å². The van der Waals surface area contributed by atoms with E-state index in [0.717, 1.165) is 62.0 Å². The molecule has 0 spiro atoms. The van der Waals surface area contributed by atoms with Gasteiger partial charge in [-0.25, -0.2) is 4.98 Å². The molecule has 2 atom stereocenters. The molecule has 0 bridgehead atoms. The number of ether oxygens (including phenoxy) is 2. The van der Waals surface area contributed by atoms with Gasteiger partial charge in [0.05, 0.1) is 34.5 Å². The molecule has 2 saturated heterocycles. The van der Waals surface area contributed by atoms with E-state index in [1.54, 1.807) is 18.6 Å². The van der Waals surface area contributed by atoms with Crippen molar-refractivity contribution >= 4 is 68.8 Å². The van der Waals surface area contributed by atoms with Gasteiger partial charge in [0.25, 0.3) is 0 Å². The number of hydrogen-bond donors (Lipinski definition) is 2.